The monoisotopic (exact) mass is 298 g/mol. The second kappa shape index (κ2) is 6.93. The number of carbonyl (C=O) groups excluding carboxylic acids is 2. The third-order valence-electron chi connectivity index (χ3n) is 3.29. The molecule has 114 valence electrons. The highest BCUT2D eigenvalue weighted by Gasteiger charge is 2.21. The Morgan fingerprint density at radius 3 is 2.36 bits per heavy atom. The summed E-state index contributed by atoms with van der Waals surface area (Å²) in [6, 6.07) is 7.29. The molecule has 0 radical (unpaired) electrons. The first kappa shape index (κ1) is 15.8. The van der Waals surface area contributed by atoms with Gasteiger partial charge in [-0.15, -0.1) is 0 Å². The highest BCUT2D eigenvalue weighted by atomic mass is 16.5. The van der Waals surface area contributed by atoms with Gasteiger partial charge in [-0.1, -0.05) is 31.2 Å². The Labute approximate surface area is 129 Å². The molecule has 0 spiro atoms. The lowest BCUT2D eigenvalue weighted by molar-refractivity contribution is 0.0312. The molecule has 0 unspecified atom stereocenters. The smallest absolute Gasteiger partial charge is 0.359 e. The van der Waals surface area contributed by atoms with Crippen LogP contribution in [0.25, 0.3) is 0 Å². The third-order valence-corrected chi connectivity index (χ3v) is 3.29. The SMILES string of the molecule is CCc1ccc(C(=O)[C@H](C)OC(=O)c2cnc(C)cn2)cc1. The lowest BCUT2D eigenvalue weighted by Crippen LogP contribution is -2.25. The number of ether oxygens (including phenoxy) is 1. The van der Waals surface area contributed by atoms with Crippen molar-refractivity contribution in [1.29, 1.82) is 0 Å². The van der Waals surface area contributed by atoms with Crippen LogP contribution in [-0.2, 0) is 11.2 Å². The van der Waals surface area contributed by atoms with Crippen LogP contribution in [0.15, 0.2) is 36.7 Å². The van der Waals surface area contributed by atoms with Crippen LogP contribution in [-0.4, -0.2) is 27.8 Å². The maximum atomic E-state index is 12.3. The summed E-state index contributed by atoms with van der Waals surface area (Å²) >= 11 is 0. The van der Waals surface area contributed by atoms with E-state index in [1.54, 1.807) is 26.0 Å². The van der Waals surface area contributed by atoms with E-state index in [1.807, 2.05) is 19.1 Å². The number of benzene rings is 1. The minimum Gasteiger partial charge on any atom is -0.449 e. The van der Waals surface area contributed by atoms with Crippen molar-refractivity contribution in [2.24, 2.45) is 0 Å². The average Bonchev–Trinajstić information content (AvgIpc) is 2.54. The van der Waals surface area contributed by atoms with Crippen molar-refractivity contribution >= 4 is 11.8 Å². The number of esters is 1. The first-order valence-corrected chi connectivity index (χ1v) is 7.14. The van der Waals surface area contributed by atoms with E-state index >= 15 is 0 Å². The van der Waals surface area contributed by atoms with Gasteiger partial charge in [-0.25, -0.2) is 9.78 Å². The van der Waals surface area contributed by atoms with Crippen LogP contribution in [0.5, 0.6) is 0 Å². The number of hydrogen-bond acceptors (Lipinski definition) is 5. The zero-order valence-corrected chi connectivity index (χ0v) is 12.9. The fourth-order valence-corrected chi connectivity index (χ4v) is 1.91. The molecule has 1 atom stereocenters. The Kier molecular flexibility index (Phi) is 4.99. The van der Waals surface area contributed by atoms with E-state index in [1.165, 1.54) is 12.4 Å². The van der Waals surface area contributed by atoms with E-state index in [0.717, 1.165) is 12.0 Å². The quantitative estimate of drug-likeness (QED) is 0.627. The van der Waals surface area contributed by atoms with E-state index in [-0.39, 0.29) is 11.5 Å². The molecular formula is C17H18N2O3. The molecular weight excluding hydrogens is 280 g/mol. The van der Waals surface area contributed by atoms with Gasteiger partial charge in [0.15, 0.2) is 11.8 Å². The van der Waals surface area contributed by atoms with Crippen LogP contribution in [0, 0.1) is 6.92 Å². The van der Waals surface area contributed by atoms with Gasteiger partial charge in [0.25, 0.3) is 0 Å². The molecule has 0 aliphatic heterocycles. The van der Waals surface area contributed by atoms with E-state index in [0.29, 0.717) is 11.3 Å². The predicted octanol–water partition coefficient (Wildman–Crippen LogP) is 2.78. The first-order valence-electron chi connectivity index (χ1n) is 7.14. The number of carbonyl (C=O) groups is 2. The number of ketones is 1. The van der Waals surface area contributed by atoms with E-state index in [9.17, 15) is 9.59 Å². The summed E-state index contributed by atoms with van der Waals surface area (Å²) in [6.07, 6.45) is 2.85. The van der Waals surface area contributed by atoms with E-state index in [2.05, 4.69) is 9.97 Å². The summed E-state index contributed by atoms with van der Waals surface area (Å²) in [5.74, 6) is -0.894. The summed E-state index contributed by atoms with van der Waals surface area (Å²) in [7, 11) is 0. The van der Waals surface area contributed by atoms with Crippen LogP contribution >= 0.6 is 0 Å². The lowest BCUT2D eigenvalue weighted by Gasteiger charge is -2.12. The summed E-state index contributed by atoms with van der Waals surface area (Å²) < 4.78 is 5.16. The van der Waals surface area contributed by atoms with Gasteiger partial charge in [-0.3, -0.25) is 9.78 Å². The molecule has 22 heavy (non-hydrogen) atoms. The van der Waals surface area contributed by atoms with Gasteiger partial charge >= 0.3 is 5.97 Å². The van der Waals surface area contributed by atoms with Gasteiger partial charge < -0.3 is 4.74 Å². The normalized spacial score (nSPS) is 11.8. The predicted molar refractivity (Wildman–Crippen MR) is 81.8 cm³/mol. The molecule has 5 heteroatoms. The Hall–Kier alpha value is -2.56. The van der Waals surface area contributed by atoms with Crippen molar-refractivity contribution in [2.75, 3.05) is 0 Å². The largest absolute Gasteiger partial charge is 0.449 e. The summed E-state index contributed by atoms with van der Waals surface area (Å²) in [5, 5.41) is 0. The van der Waals surface area contributed by atoms with Crippen molar-refractivity contribution in [1.82, 2.24) is 9.97 Å². The third kappa shape index (κ3) is 3.75. The van der Waals surface area contributed by atoms with Gasteiger partial charge in [0.1, 0.15) is 0 Å². The summed E-state index contributed by atoms with van der Waals surface area (Å²) in [6.45, 7) is 5.37. The molecule has 0 fully saturated rings. The molecule has 1 aromatic carbocycles. The van der Waals surface area contributed by atoms with E-state index < -0.39 is 12.1 Å². The average molecular weight is 298 g/mol. The topological polar surface area (TPSA) is 69.2 Å². The second-order valence-electron chi connectivity index (χ2n) is 5.01. The van der Waals surface area contributed by atoms with E-state index in [4.69, 9.17) is 4.74 Å². The fraction of sp³-hybridized carbons (Fsp3) is 0.294. The molecule has 5 nitrogen and oxygen atoms in total. The maximum Gasteiger partial charge on any atom is 0.359 e. The van der Waals surface area contributed by atoms with Gasteiger partial charge in [-0.2, -0.15) is 0 Å². The molecule has 0 saturated heterocycles. The molecule has 0 saturated carbocycles. The zero-order chi connectivity index (χ0) is 16.1. The van der Waals surface area contributed by atoms with Gasteiger partial charge in [0, 0.05) is 11.8 Å². The molecule has 2 aromatic rings. The number of hydrogen-bond donors (Lipinski definition) is 0. The van der Waals surface area contributed by atoms with Crippen LogP contribution in [0.1, 0.15) is 46.0 Å². The molecule has 0 aliphatic rings. The van der Waals surface area contributed by atoms with Gasteiger partial charge in [-0.05, 0) is 25.8 Å². The highest BCUT2D eigenvalue weighted by Crippen LogP contribution is 2.10. The second-order valence-corrected chi connectivity index (χ2v) is 5.01. The van der Waals surface area contributed by atoms with Crippen molar-refractivity contribution in [2.45, 2.75) is 33.3 Å². The molecule has 0 amide bonds. The Morgan fingerprint density at radius 2 is 1.82 bits per heavy atom. The van der Waals surface area contributed by atoms with Gasteiger partial charge in [0.05, 0.1) is 11.9 Å². The number of rotatable bonds is 5. The minimum atomic E-state index is -0.872. The van der Waals surface area contributed by atoms with Crippen LogP contribution in [0.2, 0.25) is 0 Å². The lowest BCUT2D eigenvalue weighted by atomic mass is 10.0. The zero-order valence-electron chi connectivity index (χ0n) is 12.9. The summed E-state index contributed by atoms with van der Waals surface area (Å²) in [4.78, 5) is 32.1. The number of Topliss-reactive ketones (excluding diaryl/α,β-unsaturated/α-hetero) is 1. The standard InChI is InChI=1S/C17H18N2O3/c1-4-13-5-7-14(8-6-13)16(20)12(3)22-17(21)15-10-18-11(2)9-19-15/h5-10,12H,4H2,1-3H3/t12-/m0/s1. The molecule has 2 rings (SSSR count). The Balaban J connectivity index is 2.03. The Morgan fingerprint density at radius 1 is 1.14 bits per heavy atom. The van der Waals surface area contributed by atoms with Crippen molar-refractivity contribution in [3.8, 4) is 0 Å². The summed E-state index contributed by atoms with van der Waals surface area (Å²) in [5.41, 5.74) is 2.46. The van der Waals surface area contributed by atoms with Crippen LogP contribution < -0.4 is 0 Å². The maximum absolute atomic E-state index is 12.3. The molecule has 0 aliphatic carbocycles. The molecule has 1 heterocycles. The van der Waals surface area contributed by atoms with Crippen molar-refractivity contribution in [3.63, 3.8) is 0 Å². The van der Waals surface area contributed by atoms with Crippen LogP contribution in [0.4, 0.5) is 0 Å². The number of aryl methyl sites for hydroxylation is 2. The highest BCUT2D eigenvalue weighted by molar-refractivity contribution is 6.01. The molecule has 0 N–H and O–H groups in total. The molecule has 1 aromatic heterocycles. The number of aromatic nitrogens is 2. The number of nitrogens with zero attached hydrogens (tertiary/aromatic N) is 2. The minimum absolute atomic E-state index is 0.0894. The Bertz CT molecular complexity index is 663. The van der Waals surface area contributed by atoms with Crippen molar-refractivity contribution < 1.29 is 14.3 Å². The van der Waals surface area contributed by atoms with Crippen LogP contribution in [0.3, 0.4) is 0 Å². The van der Waals surface area contributed by atoms with Crippen molar-refractivity contribution in [3.05, 3.63) is 59.2 Å². The fourth-order valence-electron chi connectivity index (χ4n) is 1.91. The first-order chi connectivity index (χ1) is 10.5. The van der Waals surface area contributed by atoms with Gasteiger partial charge in [0.2, 0.25) is 5.78 Å². The molecule has 0 bridgehead atoms.